The van der Waals surface area contributed by atoms with Gasteiger partial charge in [0.05, 0.1) is 20.5 Å². The van der Waals surface area contributed by atoms with Crippen LogP contribution in [0.15, 0.2) is 126 Å². The number of aromatic nitrogens is 2. The Morgan fingerprint density at radius 2 is 1.63 bits per heavy atom. The van der Waals surface area contributed by atoms with Crippen molar-refractivity contribution >= 4 is 35.2 Å². The normalized spacial score (nSPS) is 13.7. The van der Waals surface area contributed by atoms with Crippen LogP contribution in [0.3, 0.4) is 0 Å². The van der Waals surface area contributed by atoms with Crippen LogP contribution in [-0.4, -0.2) is 18.0 Å². The minimum Gasteiger partial charge on any atom is -0.501 e. The van der Waals surface area contributed by atoms with E-state index in [-0.39, 0.29) is 55.8 Å². The molecule has 5 heteroatoms. The summed E-state index contributed by atoms with van der Waals surface area (Å²) in [6, 6.07) is 29.1. The van der Waals surface area contributed by atoms with Gasteiger partial charge in [0.1, 0.15) is 5.58 Å². The molecule has 0 aliphatic rings. The van der Waals surface area contributed by atoms with Crippen LogP contribution in [0, 0.1) is 18.1 Å². The van der Waals surface area contributed by atoms with E-state index in [4.69, 9.17) is 14.0 Å². The van der Waals surface area contributed by atoms with E-state index in [1.54, 1.807) is 18.3 Å². The van der Waals surface area contributed by atoms with Crippen molar-refractivity contribution in [1.29, 1.82) is 0 Å². The van der Waals surface area contributed by atoms with Crippen LogP contribution in [0.4, 0.5) is 0 Å². The molecular formula is C41H38IrN2OSi-2. The van der Waals surface area contributed by atoms with E-state index < -0.39 is 20.5 Å². The van der Waals surface area contributed by atoms with Gasteiger partial charge >= 0.3 is 0 Å². The fourth-order valence-electron chi connectivity index (χ4n) is 5.18. The minimum atomic E-state index is -1.67. The van der Waals surface area contributed by atoms with E-state index in [2.05, 4.69) is 41.7 Å². The van der Waals surface area contributed by atoms with Gasteiger partial charge in [0.2, 0.25) is 0 Å². The Kier molecular flexibility index (Phi) is 7.89. The van der Waals surface area contributed by atoms with Crippen molar-refractivity contribution in [3.63, 3.8) is 0 Å². The third-order valence-electron chi connectivity index (χ3n) is 7.28. The van der Waals surface area contributed by atoms with E-state index in [0.717, 1.165) is 44.0 Å². The summed E-state index contributed by atoms with van der Waals surface area (Å²) in [5.74, 6) is -0.0856. The number of benzene rings is 4. The molecule has 0 saturated heterocycles. The standard InChI is InChI=1S/C23H14NO.C18H24NSi.Ir/c1-2-7-16(8-3-1)17-12-13-18-19-9-6-10-20(21-11-4-5-14-24-21)23(19)25-22(18)15-17;1-14(2)11-16-12-17(15-9-7-6-8-10-15)19-13-18(16)20(3,4)5;/h1-9,11-15H;6-9,12-14H,11H2,1-5H3;/q2*-1;/i1D,2D,3D,7D,8D;11D2;. The van der Waals surface area contributed by atoms with Crippen molar-refractivity contribution in [3.05, 3.63) is 139 Å². The molecule has 1 radical (unpaired) electrons. The predicted octanol–water partition coefficient (Wildman–Crippen LogP) is 10.4. The number of rotatable bonds is 6. The van der Waals surface area contributed by atoms with Crippen LogP contribution in [0.2, 0.25) is 19.6 Å². The van der Waals surface area contributed by atoms with E-state index in [1.165, 1.54) is 0 Å². The maximum Gasteiger partial charge on any atom is 0.121 e. The molecule has 3 heterocycles. The SMILES string of the molecule is [2H]C([2H])(c1cc(-c2[c-]cccc2)ncc1[Si](C)(C)C)C(C)C.[2H]c1c([2H])c([2H])c(-c2ccc3c(c2)oc2c(-c4ccccn4)[c-]ccc23)c([2H])c1[2H].[Ir]. The first-order valence-electron chi connectivity index (χ1n) is 18.4. The van der Waals surface area contributed by atoms with Crippen molar-refractivity contribution in [2.75, 3.05) is 0 Å². The molecule has 0 amide bonds. The summed E-state index contributed by atoms with van der Waals surface area (Å²) in [5, 5.41) is 2.87. The molecular weight excluding hydrogens is 757 g/mol. The van der Waals surface area contributed by atoms with E-state index in [1.807, 2.05) is 86.8 Å². The summed E-state index contributed by atoms with van der Waals surface area (Å²) in [7, 11) is -1.67. The summed E-state index contributed by atoms with van der Waals surface area (Å²) >= 11 is 0. The Morgan fingerprint density at radius 1 is 0.826 bits per heavy atom. The number of fused-ring (bicyclic) bond motifs is 3. The van der Waals surface area contributed by atoms with Gasteiger partial charge in [0.25, 0.3) is 0 Å². The molecule has 0 aliphatic heterocycles. The smallest absolute Gasteiger partial charge is 0.121 e. The first-order chi connectivity index (χ1) is 24.6. The van der Waals surface area contributed by atoms with E-state index in [0.29, 0.717) is 16.7 Å². The zero-order chi connectivity index (χ0) is 37.5. The molecule has 0 atom stereocenters. The Labute approximate surface area is 297 Å². The average Bonchev–Trinajstić information content (AvgIpc) is 3.52. The fraction of sp³-hybridized carbons (Fsp3) is 0.171. The molecule has 0 bridgehead atoms. The Morgan fingerprint density at radius 3 is 2.33 bits per heavy atom. The fourth-order valence-corrected chi connectivity index (χ4v) is 6.58. The van der Waals surface area contributed by atoms with Gasteiger partial charge in [0, 0.05) is 40.6 Å². The van der Waals surface area contributed by atoms with Crippen molar-refractivity contribution in [2.24, 2.45) is 5.92 Å². The second kappa shape index (κ2) is 14.5. The third-order valence-corrected chi connectivity index (χ3v) is 9.30. The molecule has 3 aromatic heterocycles. The van der Waals surface area contributed by atoms with Crippen LogP contribution >= 0.6 is 0 Å². The molecule has 233 valence electrons. The van der Waals surface area contributed by atoms with Crippen LogP contribution in [0.25, 0.3) is 55.6 Å². The largest absolute Gasteiger partial charge is 0.501 e. The molecule has 0 saturated carbocycles. The number of nitrogens with zero attached hydrogens (tertiary/aromatic N) is 2. The van der Waals surface area contributed by atoms with Gasteiger partial charge in [-0.3, -0.25) is 0 Å². The van der Waals surface area contributed by atoms with Crippen molar-refractivity contribution in [2.45, 2.75) is 39.9 Å². The zero-order valence-corrected chi connectivity index (χ0v) is 29.8. The summed E-state index contributed by atoms with van der Waals surface area (Å²) < 4.78 is 63.3. The molecule has 0 spiro atoms. The molecule has 0 aliphatic carbocycles. The molecule has 46 heavy (non-hydrogen) atoms. The van der Waals surface area contributed by atoms with Crippen LogP contribution in [0.5, 0.6) is 0 Å². The quantitative estimate of drug-likeness (QED) is 0.124. The van der Waals surface area contributed by atoms with Gasteiger partial charge in [-0.1, -0.05) is 111 Å². The predicted molar refractivity (Wildman–Crippen MR) is 191 cm³/mol. The first-order valence-corrected chi connectivity index (χ1v) is 18.4. The summed E-state index contributed by atoms with van der Waals surface area (Å²) in [5.41, 5.74) is 5.84. The maximum absolute atomic E-state index is 8.55. The van der Waals surface area contributed by atoms with E-state index in [9.17, 15) is 0 Å². The van der Waals surface area contributed by atoms with Crippen LogP contribution < -0.4 is 5.19 Å². The summed E-state index contributed by atoms with van der Waals surface area (Å²) in [6.45, 7) is 10.6. The second-order valence-electron chi connectivity index (χ2n) is 12.1. The van der Waals surface area contributed by atoms with Gasteiger partial charge in [-0.15, -0.1) is 54.1 Å². The first kappa shape index (κ1) is 25.0. The topological polar surface area (TPSA) is 38.9 Å². The molecule has 7 rings (SSSR count). The van der Waals surface area contributed by atoms with Gasteiger partial charge in [-0.2, -0.15) is 0 Å². The molecule has 3 nitrogen and oxygen atoms in total. The number of pyridine rings is 2. The summed E-state index contributed by atoms with van der Waals surface area (Å²) in [4.78, 5) is 8.97. The molecule has 7 aromatic rings. The zero-order valence-electron chi connectivity index (χ0n) is 33.4. The van der Waals surface area contributed by atoms with Crippen molar-refractivity contribution in [3.8, 4) is 33.6 Å². The van der Waals surface area contributed by atoms with Gasteiger partial charge in [-0.25, -0.2) is 0 Å². The molecule has 0 unspecified atom stereocenters. The van der Waals surface area contributed by atoms with Crippen molar-refractivity contribution in [1.82, 2.24) is 9.97 Å². The number of hydrogen-bond acceptors (Lipinski definition) is 3. The minimum absolute atomic E-state index is 0. The average molecular weight is 802 g/mol. The van der Waals surface area contributed by atoms with Crippen LogP contribution in [-0.2, 0) is 26.5 Å². The monoisotopic (exact) mass is 802 g/mol. The van der Waals surface area contributed by atoms with E-state index >= 15 is 0 Å². The summed E-state index contributed by atoms with van der Waals surface area (Å²) in [6.07, 6.45) is 2.24. The second-order valence-corrected chi connectivity index (χ2v) is 17.1. The maximum atomic E-state index is 8.55. The molecule has 0 N–H and O–H groups in total. The number of furan rings is 1. The van der Waals surface area contributed by atoms with Gasteiger partial charge < -0.3 is 14.4 Å². The third kappa shape index (κ3) is 7.45. The molecule has 4 aromatic carbocycles. The van der Waals surface area contributed by atoms with Crippen LogP contribution in [0.1, 0.15) is 29.0 Å². The van der Waals surface area contributed by atoms with Gasteiger partial charge in [-0.05, 0) is 52.1 Å². The molecule has 0 fully saturated rings. The Hall–Kier alpha value is -4.15. The van der Waals surface area contributed by atoms with Crippen molar-refractivity contribution < 1.29 is 34.1 Å². The Balaban J connectivity index is 0.000000211. The Bertz CT molecular complexity index is 2390. The number of hydrogen-bond donors (Lipinski definition) is 0. The van der Waals surface area contributed by atoms with Gasteiger partial charge in [0.15, 0.2) is 0 Å².